The second-order valence-electron chi connectivity index (χ2n) is 6.42. The number of piperidine rings is 1. The van der Waals surface area contributed by atoms with Crippen LogP contribution in [0.3, 0.4) is 0 Å². The molecule has 0 unspecified atom stereocenters. The average molecular weight is 338 g/mol. The highest BCUT2D eigenvalue weighted by Crippen LogP contribution is 2.34. The molecule has 1 aromatic rings. The maximum absolute atomic E-state index is 12.7. The first-order valence-corrected chi connectivity index (χ1v) is 9.37. The van der Waals surface area contributed by atoms with Crippen LogP contribution < -0.4 is 5.32 Å². The Bertz CT molecular complexity index is 514. The molecule has 2 aliphatic rings. The molecule has 2 atom stereocenters. The first-order chi connectivity index (χ1) is 11.1. The van der Waals surface area contributed by atoms with E-state index in [1.807, 2.05) is 17.9 Å². The Hall–Kier alpha value is -1.11. The highest BCUT2D eigenvalue weighted by atomic mass is 32.1. The number of carbonyl (C=O) groups excluding carboxylic acids is 1. The molecule has 2 amide bonds. The molecule has 3 rings (SSSR count). The van der Waals surface area contributed by atoms with E-state index < -0.39 is 5.79 Å². The summed E-state index contributed by atoms with van der Waals surface area (Å²) in [5, 5.41) is 5.23. The molecule has 3 heterocycles. The number of nitrogens with zero attached hydrogens (tertiary/aromatic N) is 1. The minimum absolute atomic E-state index is 0.0246. The van der Waals surface area contributed by atoms with Crippen molar-refractivity contribution in [1.82, 2.24) is 10.2 Å². The fraction of sp³-hybridized carbons (Fsp3) is 0.706. The summed E-state index contributed by atoms with van der Waals surface area (Å²) in [6, 6.07) is 4.23. The summed E-state index contributed by atoms with van der Waals surface area (Å²) in [7, 11) is 0. The number of ether oxygens (including phenoxy) is 2. The maximum atomic E-state index is 12.7. The summed E-state index contributed by atoms with van der Waals surface area (Å²) in [4.78, 5) is 15.8. The van der Waals surface area contributed by atoms with Crippen LogP contribution >= 0.6 is 11.3 Å². The first-order valence-electron chi connectivity index (χ1n) is 8.49. The van der Waals surface area contributed by atoms with E-state index in [1.54, 1.807) is 11.3 Å². The zero-order valence-corrected chi connectivity index (χ0v) is 14.7. The fourth-order valence-electron chi connectivity index (χ4n) is 3.46. The summed E-state index contributed by atoms with van der Waals surface area (Å²) in [6.07, 6.45) is 2.94. The fourth-order valence-corrected chi connectivity index (χ4v) is 4.32. The molecule has 0 saturated carbocycles. The number of carbonyl (C=O) groups is 1. The molecule has 23 heavy (non-hydrogen) atoms. The van der Waals surface area contributed by atoms with Gasteiger partial charge in [0.25, 0.3) is 0 Å². The number of thiophene rings is 1. The number of hydrogen-bond donors (Lipinski definition) is 1. The number of urea groups is 1. The van der Waals surface area contributed by atoms with Crippen LogP contribution in [0, 0.1) is 5.92 Å². The van der Waals surface area contributed by atoms with E-state index in [0.29, 0.717) is 19.8 Å². The van der Waals surface area contributed by atoms with Gasteiger partial charge in [-0.1, -0.05) is 13.0 Å². The second-order valence-corrected chi connectivity index (χ2v) is 7.40. The van der Waals surface area contributed by atoms with Crippen LogP contribution in [0.15, 0.2) is 17.5 Å². The molecule has 2 saturated heterocycles. The Morgan fingerprint density at radius 2 is 2.30 bits per heavy atom. The molecule has 5 nitrogen and oxygen atoms in total. The first kappa shape index (κ1) is 16.7. The van der Waals surface area contributed by atoms with E-state index in [1.165, 1.54) is 4.88 Å². The maximum Gasteiger partial charge on any atom is 0.317 e. The second kappa shape index (κ2) is 7.20. The van der Waals surface area contributed by atoms with Crippen LogP contribution in [0.1, 0.15) is 44.0 Å². The Morgan fingerprint density at radius 3 is 2.96 bits per heavy atom. The van der Waals surface area contributed by atoms with Gasteiger partial charge in [0, 0.05) is 23.9 Å². The van der Waals surface area contributed by atoms with Gasteiger partial charge in [-0.3, -0.25) is 0 Å². The highest BCUT2D eigenvalue weighted by molar-refractivity contribution is 7.10. The van der Waals surface area contributed by atoms with Crippen LogP contribution in [0.25, 0.3) is 0 Å². The van der Waals surface area contributed by atoms with Crippen molar-refractivity contribution >= 4 is 17.4 Å². The number of amides is 2. The molecule has 6 heteroatoms. The van der Waals surface area contributed by atoms with Gasteiger partial charge in [-0.15, -0.1) is 11.3 Å². The summed E-state index contributed by atoms with van der Waals surface area (Å²) in [5.41, 5.74) is 0. The van der Waals surface area contributed by atoms with Gasteiger partial charge in [-0.2, -0.15) is 0 Å². The number of hydrogen-bond acceptors (Lipinski definition) is 4. The molecule has 2 fully saturated rings. The van der Waals surface area contributed by atoms with Gasteiger partial charge < -0.3 is 19.7 Å². The lowest BCUT2D eigenvalue weighted by Gasteiger charge is -2.40. The number of nitrogens with one attached hydrogen (secondary N) is 1. The third kappa shape index (κ3) is 3.70. The Labute approximate surface area is 142 Å². The van der Waals surface area contributed by atoms with E-state index in [2.05, 4.69) is 23.7 Å². The zero-order valence-electron chi connectivity index (χ0n) is 13.9. The van der Waals surface area contributed by atoms with Gasteiger partial charge in [-0.25, -0.2) is 4.79 Å². The molecule has 0 aromatic carbocycles. The molecule has 128 valence electrons. The SMILES string of the molecule is CC[C@H](NC(=O)N1CCC[C@@H](C2(C)OCCO2)C1)c1cccs1. The Morgan fingerprint density at radius 1 is 1.52 bits per heavy atom. The van der Waals surface area contributed by atoms with Crippen LogP contribution in [-0.4, -0.2) is 43.0 Å². The van der Waals surface area contributed by atoms with E-state index in [0.717, 1.165) is 25.8 Å². The van der Waals surface area contributed by atoms with Gasteiger partial charge >= 0.3 is 6.03 Å². The normalized spacial score (nSPS) is 25.3. The van der Waals surface area contributed by atoms with E-state index >= 15 is 0 Å². The summed E-state index contributed by atoms with van der Waals surface area (Å²) >= 11 is 1.69. The lowest BCUT2D eigenvalue weighted by Crippen LogP contribution is -2.51. The van der Waals surface area contributed by atoms with Crippen molar-refractivity contribution in [2.24, 2.45) is 5.92 Å². The Kier molecular flexibility index (Phi) is 5.24. The van der Waals surface area contributed by atoms with Crippen molar-refractivity contribution < 1.29 is 14.3 Å². The molecular formula is C17H26N2O3S. The standard InChI is InChI=1S/C17H26N2O3S/c1-3-14(15-7-5-11-23-15)18-16(20)19-8-4-6-13(12-19)17(2)21-9-10-22-17/h5,7,11,13-14H,3-4,6,8-10,12H2,1-2H3,(H,18,20)/t13-,14+/m1/s1. The molecule has 0 spiro atoms. The van der Waals surface area contributed by atoms with Crippen molar-refractivity contribution in [3.8, 4) is 0 Å². The molecule has 0 bridgehead atoms. The van der Waals surface area contributed by atoms with Crippen LogP contribution in [0.2, 0.25) is 0 Å². The topological polar surface area (TPSA) is 50.8 Å². The molecule has 1 N–H and O–H groups in total. The van der Waals surface area contributed by atoms with Crippen molar-refractivity contribution in [3.05, 3.63) is 22.4 Å². The molecule has 0 radical (unpaired) electrons. The summed E-state index contributed by atoms with van der Waals surface area (Å²) in [5.74, 6) is -0.289. The third-order valence-electron chi connectivity index (χ3n) is 4.90. The van der Waals surface area contributed by atoms with Gasteiger partial charge in [-0.05, 0) is 37.6 Å². The van der Waals surface area contributed by atoms with E-state index in [4.69, 9.17) is 9.47 Å². The number of rotatable bonds is 4. The summed E-state index contributed by atoms with van der Waals surface area (Å²) in [6.45, 7) is 6.91. The average Bonchev–Trinajstić information content (AvgIpc) is 3.25. The molecule has 1 aromatic heterocycles. The van der Waals surface area contributed by atoms with Crippen molar-refractivity contribution in [2.45, 2.75) is 44.9 Å². The molecule has 2 aliphatic heterocycles. The minimum atomic E-state index is -0.531. The van der Waals surface area contributed by atoms with Gasteiger partial charge in [0.1, 0.15) is 0 Å². The lowest BCUT2D eigenvalue weighted by atomic mass is 9.90. The summed E-state index contributed by atoms with van der Waals surface area (Å²) < 4.78 is 11.6. The molecular weight excluding hydrogens is 312 g/mol. The van der Waals surface area contributed by atoms with E-state index in [-0.39, 0.29) is 18.0 Å². The van der Waals surface area contributed by atoms with Crippen LogP contribution in [-0.2, 0) is 9.47 Å². The van der Waals surface area contributed by atoms with Crippen molar-refractivity contribution in [1.29, 1.82) is 0 Å². The predicted octanol–water partition coefficient (Wildman–Crippen LogP) is 3.38. The molecule has 0 aliphatic carbocycles. The van der Waals surface area contributed by atoms with Crippen molar-refractivity contribution in [2.75, 3.05) is 26.3 Å². The zero-order chi connectivity index (χ0) is 16.3. The number of likely N-dealkylation sites (tertiary alicyclic amines) is 1. The Balaban J connectivity index is 1.60. The van der Waals surface area contributed by atoms with Crippen LogP contribution in [0.5, 0.6) is 0 Å². The quantitative estimate of drug-likeness (QED) is 0.915. The van der Waals surface area contributed by atoms with Crippen molar-refractivity contribution in [3.63, 3.8) is 0 Å². The third-order valence-corrected chi connectivity index (χ3v) is 5.89. The van der Waals surface area contributed by atoms with Gasteiger partial charge in [0.2, 0.25) is 0 Å². The largest absolute Gasteiger partial charge is 0.347 e. The minimum Gasteiger partial charge on any atom is -0.347 e. The van der Waals surface area contributed by atoms with Crippen LogP contribution in [0.4, 0.5) is 4.79 Å². The monoisotopic (exact) mass is 338 g/mol. The highest BCUT2D eigenvalue weighted by Gasteiger charge is 2.42. The smallest absolute Gasteiger partial charge is 0.317 e. The van der Waals surface area contributed by atoms with E-state index in [9.17, 15) is 4.79 Å². The van der Waals surface area contributed by atoms with Gasteiger partial charge in [0.15, 0.2) is 5.79 Å². The van der Waals surface area contributed by atoms with Gasteiger partial charge in [0.05, 0.1) is 19.3 Å². The predicted molar refractivity (Wildman–Crippen MR) is 90.5 cm³/mol. The lowest BCUT2D eigenvalue weighted by molar-refractivity contribution is -0.189.